The summed E-state index contributed by atoms with van der Waals surface area (Å²) in [7, 11) is 0. The van der Waals surface area contributed by atoms with E-state index in [1.54, 1.807) is 13.0 Å². The monoisotopic (exact) mass is 279 g/mol. The summed E-state index contributed by atoms with van der Waals surface area (Å²) in [4.78, 5) is 23.4. The molecule has 1 aliphatic rings. The average molecular weight is 279 g/mol. The first kappa shape index (κ1) is 14.5. The van der Waals surface area contributed by atoms with Crippen molar-refractivity contribution in [2.75, 3.05) is 5.32 Å². The molecule has 2 atom stereocenters. The van der Waals surface area contributed by atoms with Gasteiger partial charge in [-0.3, -0.25) is 9.59 Å². The van der Waals surface area contributed by atoms with E-state index >= 15 is 0 Å². The lowest BCUT2D eigenvalue weighted by molar-refractivity contribution is -0.147. The van der Waals surface area contributed by atoms with E-state index < -0.39 is 29.5 Å². The van der Waals surface area contributed by atoms with Gasteiger partial charge in [-0.1, -0.05) is 18.9 Å². The van der Waals surface area contributed by atoms with Crippen molar-refractivity contribution >= 4 is 17.6 Å². The van der Waals surface area contributed by atoms with Crippen LogP contribution < -0.4 is 5.32 Å². The lowest BCUT2D eigenvalue weighted by atomic mass is 9.78. The smallest absolute Gasteiger partial charge is 0.307 e. The number of hydrogen-bond donors (Lipinski definition) is 2. The molecule has 1 fully saturated rings. The standard InChI is InChI=1S/C15H18FNO3/c1-9-6-7-13(12(16)8-9)17-14(18)10-4-2-3-5-11(10)15(19)20/h6-8,10-11H,2-5H2,1H3,(H,17,18)(H,19,20)/t10-,11-/m0/s1. The molecular weight excluding hydrogens is 261 g/mol. The van der Waals surface area contributed by atoms with Gasteiger partial charge in [0.2, 0.25) is 5.91 Å². The van der Waals surface area contributed by atoms with Crippen molar-refractivity contribution in [2.45, 2.75) is 32.6 Å². The van der Waals surface area contributed by atoms with Crippen LogP contribution in [0.1, 0.15) is 31.2 Å². The molecule has 2 rings (SSSR count). The molecule has 0 heterocycles. The molecule has 1 saturated carbocycles. The van der Waals surface area contributed by atoms with Gasteiger partial charge >= 0.3 is 5.97 Å². The lowest BCUT2D eigenvalue weighted by Gasteiger charge is -2.27. The van der Waals surface area contributed by atoms with Crippen molar-refractivity contribution in [3.8, 4) is 0 Å². The van der Waals surface area contributed by atoms with Crippen LogP contribution in [0.25, 0.3) is 0 Å². The maximum Gasteiger partial charge on any atom is 0.307 e. The van der Waals surface area contributed by atoms with Gasteiger partial charge in [0.1, 0.15) is 5.82 Å². The van der Waals surface area contributed by atoms with Crippen LogP contribution >= 0.6 is 0 Å². The highest BCUT2D eigenvalue weighted by molar-refractivity contribution is 5.95. The van der Waals surface area contributed by atoms with E-state index in [2.05, 4.69) is 5.32 Å². The first-order valence-electron chi connectivity index (χ1n) is 6.79. The van der Waals surface area contributed by atoms with Gasteiger partial charge in [-0.15, -0.1) is 0 Å². The summed E-state index contributed by atoms with van der Waals surface area (Å²) in [6, 6.07) is 4.54. The Morgan fingerprint density at radius 2 is 1.90 bits per heavy atom. The lowest BCUT2D eigenvalue weighted by Crippen LogP contribution is -2.36. The van der Waals surface area contributed by atoms with Gasteiger partial charge < -0.3 is 10.4 Å². The number of carboxylic acid groups (broad SMARTS) is 1. The molecule has 20 heavy (non-hydrogen) atoms. The number of rotatable bonds is 3. The molecule has 4 nitrogen and oxygen atoms in total. The minimum atomic E-state index is -0.950. The van der Waals surface area contributed by atoms with E-state index in [1.807, 2.05) is 0 Å². The van der Waals surface area contributed by atoms with E-state index in [4.69, 9.17) is 5.11 Å². The zero-order chi connectivity index (χ0) is 14.7. The van der Waals surface area contributed by atoms with Crippen molar-refractivity contribution in [1.82, 2.24) is 0 Å². The fraction of sp³-hybridized carbons (Fsp3) is 0.467. The number of halogens is 1. The Hall–Kier alpha value is -1.91. The molecule has 1 amide bonds. The molecule has 0 saturated heterocycles. The van der Waals surface area contributed by atoms with E-state index in [0.29, 0.717) is 12.8 Å². The molecule has 0 spiro atoms. The van der Waals surface area contributed by atoms with Crippen molar-refractivity contribution in [2.24, 2.45) is 11.8 Å². The van der Waals surface area contributed by atoms with Crippen LogP contribution in [0, 0.1) is 24.6 Å². The molecule has 5 heteroatoms. The molecular formula is C15H18FNO3. The van der Waals surface area contributed by atoms with Crippen LogP contribution in [0.3, 0.4) is 0 Å². The third-order valence-electron chi connectivity index (χ3n) is 3.80. The Morgan fingerprint density at radius 1 is 1.25 bits per heavy atom. The number of nitrogens with one attached hydrogen (secondary N) is 1. The number of aliphatic carboxylic acids is 1. The first-order valence-corrected chi connectivity index (χ1v) is 6.79. The quantitative estimate of drug-likeness (QED) is 0.894. The summed E-state index contributed by atoms with van der Waals surface area (Å²) in [5, 5.41) is 11.7. The number of benzene rings is 1. The molecule has 1 aliphatic carbocycles. The molecule has 0 aromatic heterocycles. The van der Waals surface area contributed by atoms with Crippen molar-refractivity contribution in [1.29, 1.82) is 0 Å². The zero-order valence-electron chi connectivity index (χ0n) is 11.4. The highest BCUT2D eigenvalue weighted by Gasteiger charge is 2.35. The summed E-state index contributed by atoms with van der Waals surface area (Å²) < 4.78 is 13.7. The third-order valence-corrected chi connectivity index (χ3v) is 3.80. The molecule has 0 aliphatic heterocycles. The van der Waals surface area contributed by atoms with E-state index in [0.717, 1.165) is 18.4 Å². The number of amides is 1. The number of carboxylic acids is 1. The number of carbonyl (C=O) groups is 2. The number of carbonyl (C=O) groups excluding carboxylic acids is 1. The zero-order valence-corrected chi connectivity index (χ0v) is 11.4. The van der Waals surface area contributed by atoms with Gasteiger partial charge in [0.05, 0.1) is 17.5 Å². The van der Waals surface area contributed by atoms with Crippen LogP contribution in [0.2, 0.25) is 0 Å². The number of hydrogen-bond acceptors (Lipinski definition) is 2. The molecule has 108 valence electrons. The molecule has 0 bridgehead atoms. The SMILES string of the molecule is Cc1ccc(NC(=O)[C@H]2CCCC[C@@H]2C(=O)O)c(F)c1. The molecule has 1 aromatic carbocycles. The minimum absolute atomic E-state index is 0.107. The number of anilines is 1. The number of aryl methyl sites for hydroxylation is 1. The highest BCUT2D eigenvalue weighted by atomic mass is 19.1. The van der Waals surface area contributed by atoms with Gasteiger partial charge in [0.25, 0.3) is 0 Å². The molecule has 0 unspecified atom stereocenters. The first-order chi connectivity index (χ1) is 9.49. The Morgan fingerprint density at radius 3 is 2.50 bits per heavy atom. The highest BCUT2D eigenvalue weighted by Crippen LogP contribution is 2.31. The van der Waals surface area contributed by atoms with Gasteiger partial charge in [0, 0.05) is 0 Å². The average Bonchev–Trinajstić information content (AvgIpc) is 2.41. The second kappa shape index (κ2) is 6.03. The van der Waals surface area contributed by atoms with Gasteiger partial charge in [-0.05, 0) is 37.5 Å². The third kappa shape index (κ3) is 3.15. The van der Waals surface area contributed by atoms with Crippen molar-refractivity contribution in [3.63, 3.8) is 0 Å². The summed E-state index contributed by atoms with van der Waals surface area (Å²) in [6.45, 7) is 1.76. The summed E-state index contributed by atoms with van der Waals surface area (Å²) in [5.74, 6) is -3.10. The maximum atomic E-state index is 13.7. The second-order valence-electron chi connectivity index (χ2n) is 5.31. The van der Waals surface area contributed by atoms with Crippen molar-refractivity contribution < 1.29 is 19.1 Å². The molecule has 1 aromatic rings. The Kier molecular flexibility index (Phi) is 4.37. The largest absolute Gasteiger partial charge is 0.481 e. The summed E-state index contributed by atoms with van der Waals surface area (Å²) >= 11 is 0. The summed E-state index contributed by atoms with van der Waals surface area (Å²) in [6.07, 6.45) is 2.69. The van der Waals surface area contributed by atoms with E-state index in [1.165, 1.54) is 12.1 Å². The predicted octanol–water partition coefficient (Wildman–Crippen LogP) is 2.96. The van der Waals surface area contributed by atoms with Crippen LogP contribution in [0.15, 0.2) is 18.2 Å². The topological polar surface area (TPSA) is 66.4 Å². The van der Waals surface area contributed by atoms with Gasteiger partial charge in [0.15, 0.2) is 0 Å². The van der Waals surface area contributed by atoms with E-state index in [9.17, 15) is 14.0 Å². The van der Waals surface area contributed by atoms with Crippen molar-refractivity contribution in [3.05, 3.63) is 29.6 Å². The molecule has 0 radical (unpaired) electrons. The van der Waals surface area contributed by atoms with Crippen LogP contribution in [-0.2, 0) is 9.59 Å². The van der Waals surface area contributed by atoms with Crippen LogP contribution in [0.5, 0.6) is 0 Å². The fourth-order valence-corrected chi connectivity index (χ4v) is 2.69. The predicted molar refractivity (Wildman–Crippen MR) is 72.9 cm³/mol. The second-order valence-corrected chi connectivity index (χ2v) is 5.31. The Balaban J connectivity index is 2.12. The molecule has 2 N–H and O–H groups in total. The van der Waals surface area contributed by atoms with E-state index in [-0.39, 0.29) is 5.69 Å². The summed E-state index contributed by atoms with van der Waals surface area (Å²) in [5.41, 5.74) is 0.872. The van der Waals surface area contributed by atoms with Crippen LogP contribution in [-0.4, -0.2) is 17.0 Å². The minimum Gasteiger partial charge on any atom is -0.481 e. The Bertz CT molecular complexity index is 530. The Labute approximate surface area is 117 Å². The van der Waals surface area contributed by atoms with Gasteiger partial charge in [-0.25, -0.2) is 4.39 Å². The van der Waals surface area contributed by atoms with Gasteiger partial charge in [-0.2, -0.15) is 0 Å². The normalized spacial score (nSPS) is 22.3. The fourth-order valence-electron chi connectivity index (χ4n) is 2.69. The van der Waals surface area contributed by atoms with Crippen LogP contribution in [0.4, 0.5) is 10.1 Å². The maximum absolute atomic E-state index is 13.7.